The second-order valence-electron chi connectivity index (χ2n) is 4.48. The van der Waals surface area contributed by atoms with Gasteiger partial charge in [-0.25, -0.2) is 8.42 Å². The molecule has 0 aromatic heterocycles. The first-order chi connectivity index (χ1) is 8.41. The summed E-state index contributed by atoms with van der Waals surface area (Å²) in [6.45, 7) is 0. The number of aliphatic carboxylic acids is 1. The van der Waals surface area contributed by atoms with Crippen LogP contribution in [0.2, 0.25) is 5.02 Å². The molecule has 2 unspecified atom stereocenters. The fraction of sp³-hybridized carbons (Fsp3) is 0.417. The Morgan fingerprint density at radius 1 is 1.33 bits per heavy atom. The predicted octanol–water partition coefficient (Wildman–Crippen LogP) is 1.94. The summed E-state index contributed by atoms with van der Waals surface area (Å²) in [7, 11) is -3.19. The number of halogens is 1. The van der Waals surface area contributed by atoms with E-state index in [0.29, 0.717) is 10.6 Å². The highest BCUT2D eigenvalue weighted by Crippen LogP contribution is 2.37. The molecule has 2 rings (SSSR count). The lowest BCUT2D eigenvalue weighted by Crippen LogP contribution is -2.35. The van der Waals surface area contributed by atoms with Crippen LogP contribution < -0.4 is 0 Å². The van der Waals surface area contributed by atoms with Crippen LogP contribution >= 0.6 is 11.6 Å². The van der Waals surface area contributed by atoms with Crippen LogP contribution in [0.1, 0.15) is 17.9 Å². The largest absolute Gasteiger partial charge is 0.481 e. The first-order valence-corrected chi connectivity index (χ1v) is 7.78. The number of benzene rings is 1. The summed E-state index contributed by atoms with van der Waals surface area (Å²) >= 11 is 6.03. The highest BCUT2D eigenvalue weighted by molar-refractivity contribution is 7.91. The van der Waals surface area contributed by atoms with E-state index in [2.05, 4.69) is 0 Å². The lowest BCUT2D eigenvalue weighted by molar-refractivity contribution is -0.142. The number of carbonyl (C=O) groups is 1. The van der Waals surface area contributed by atoms with Crippen LogP contribution in [0.4, 0.5) is 0 Å². The number of sulfone groups is 1. The van der Waals surface area contributed by atoms with Gasteiger partial charge in [-0.05, 0) is 18.1 Å². The summed E-state index contributed by atoms with van der Waals surface area (Å²) < 4.78 is 23.4. The third-order valence-electron chi connectivity index (χ3n) is 3.28. The fourth-order valence-corrected chi connectivity index (χ4v) is 4.37. The summed E-state index contributed by atoms with van der Waals surface area (Å²) in [6, 6.07) is 6.82. The highest BCUT2D eigenvalue weighted by atomic mass is 35.5. The van der Waals surface area contributed by atoms with Crippen molar-refractivity contribution in [1.82, 2.24) is 0 Å². The molecule has 1 aliphatic rings. The Hall–Kier alpha value is -1.07. The van der Waals surface area contributed by atoms with Crippen molar-refractivity contribution in [3.05, 3.63) is 34.9 Å². The van der Waals surface area contributed by atoms with Crippen LogP contribution in [0.25, 0.3) is 0 Å². The zero-order chi connectivity index (χ0) is 13.3. The Morgan fingerprint density at radius 2 is 2.00 bits per heavy atom. The van der Waals surface area contributed by atoms with E-state index < -0.39 is 27.6 Å². The topological polar surface area (TPSA) is 71.4 Å². The molecule has 2 atom stereocenters. The predicted molar refractivity (Wildman–Crippen MR) is 68.6 cm³/mol. The number of carboxylic acids is 1. The average molecular weight is 289 g/mol. The Kier molecular flexibility index (Phi) is 3.64. The van der Waals surface area contributed by atoms with E-state index >= 15 is 0 Å². The van der Waals surface area contributed by atoms with E-state index in [1.165, 1.54) is 0 Å². The van der Waals surface area contributed by atoms with Crippen LogP contribution in [-0.4, -0.2) is 31.0 Å². The molecule has 0 aliphatic carbocycles. The van der Waals surface area contributed by atoms with Gasteiger partial charge in [-0.15, -0.1) is 0 Å². The number of hydrogen-bond acceptors (Lipinski definition) is 3. The number of hydrogen-bond donors (Lipinski definition) is 1. The minimum atomic E-state index is -3.19. The van der Waals surface area contributed by atoms with E-state index in [4.69, 9.17) is 11.6 Å². The van der Waals surface area contributed by atoms with Crippen molar-refractivity contribution in [2.75, 3.05) is 11.5 Å². The molecule has 1 aliphatic heterocycles. The molecule has 0 spiro atoms. The zero-order valence-electron chi connectivity index (χ0n) is 9.54. The Balaban J connectivity index is 2.43. The Morgan fingerprint density at radius 3 is 2.61 bits per heavy atom. The van der Waals surface area contributed by atoms with E-state index in [9.17, 15) is 18.3 Å². The molecular formula is C12H13ClO4S. The van der Waals surface area contributed by atoms with Gasteiger partial charge in [0, 0.05) is 10.9 Å². The summed E-state index contributed by atoms with van der Waals surface area (Å²) in [5.74, 6) is -2.42. The van der Waals surface area contributed by atoms with Crippen LogP contribution in [-0.2, 0) is 14.6 Å². The first-order valence-electron chi connectivity index (χ1n) is 5.58. The zero-order valence-corrected chi connectivity index (χ0v) is 11.1. The van der Waals surface area contributed by atoms with Crippen molar-refractivity contribution in [3.63, 3.8) is 0 Å². The van der Waals surface area contributed by atoms with Gasteiger partial charge in [0.05, 0.1) is 17.4 Å². The number of carboxylic acid groups (broad SMARTS) is 1. The average Bonchev–Trinajstić information content (AvgIpc) is 2.27. The molecule has 0 amide bonds. The molecule has 0 bridgehead atoms. The van der Waals surface area contributed by atoms with Crippen LogP contribution in [0.15, 0.2) is 24.3 Å². The van der Waals surface area contributed by atoms with Crippen molar-refractivity contribution in [3.8, 4) is 0 Å². The minimum absolute atomic E-state index is 0.0646. The molecule has 0 radical (unpaired) electrons. The van der Waals surface area contributed by atoms with E-state index in [1.54, 1.807) is 24.3 Å². The lowest BCUT2D eigenvalue weighted by Gasteiger charge is -2.29. The van der Waals surface area contributed by atoms with Gasteiger partial charge in [0.15, 0.2) is 9.84 Å². The maximum atomic E-state index is 11.7. The van der Waals surface area contributed by atoms with E-state index in [-0.39, 0.29) is 17.9 Å². The third kappa shape index (κ3) is 2.67. The second kappa shape index (κ2) is 4.90. The van der Waals surface area contributed by atoms with Crippen molar-refractivity contribution >= 4 is 27.4 Å². The Bertz CT molecular complexity index is 567. The third-order valence-corrected chi connectivity index (χ3v) is 5.35. The SMILES string of the molecule is O=C(O)C1CCS(=O)(=O)CC1c1ccccc1Cl. The molecule has 1 fully saturated rings. The fourth-order valence-electron chi connectivity index (χ4n) is 2.36. The normalized spacial score (nSPS) is 26.7. The molecule has 1 aromatic rings. The molecule has 4 nitrogen and oxygen atoms in total. The van der Waals surface area contributed by atoms with E-state index in [0.717, 1.165) is 0 Å². The van der Waals surface area contributed by atoms with Gasteiger partial charge in [0.25, 0.3) is 0 Å². The smallest absolute Gasteiger partial charge is 0.307 e. The van der Waals surface area contributed by atoms with Crippen molar-refractivity contribution < 1.29 is 18.3 Å². The minimum Gasteiger partial charge on any atom is -0.481 e. The molecule has 6 heteroatoms. The van der Waals surface area contributed by atoms with Gasteiger partial charge < -0.3 is 5.11 Å². The highest BCUT2D eigenvalue weighted by Gasteiger charge is 2.38. The molecule has 18 heavy (non-hydrogen) atoms. The van der Waals surface area contributed by atoms with Crippen LogP contribution in [0.5, 0.6) is 0 Å². The maximum absolute atomic E-state index is 11.7. The summed E-state index contributed by atoms with van der Waals surface area (Å²) in [5, 5.41) is 9.62. The van der Waals surface area contributed by atoms with Gasteiger partial charge in [-0.1, -0.05) is 29.8 Å². The monoisotopic (exact) mass is 288 g/mol. The van der Waals surface area contributed by atoms with Crippen LogP contribution in [0, 0.1) is 5.92 Å². The van der Waals surface area contributed by atoms with Gasteiger partial charge in [-0.2, -0.15) is 0 Å². The standard InChI is InChI=1S/C12H13ClO4S/c13-11-4-2-1-3-8(11)10-7-18(16,17)6-5-9(10)12(14)15/h1-4,9-10H,5-7H2,(H,14,15). The summed E-state index contributed by atoms with van der Waals surface area (Å²) in [4.78, 5) is 11.2. The first kappa shape index (κ1) is 13.4. The van der Waals surface area contributed by atoms with Crippen molar-refractivity contribution in [2.24, 2.45) is 5.92 Å². The molecule has 1 N–H and O–H groups in total. The van der Waals surface area contributed by atoms with Gasteiger partial charge in [0.2, 0.25) is 0 Å². The summed E-state index contributed by atoms with van der Waals surface area (Å²) in [6.07, 6.45) is 0.146. The quantitative estimate of drug-likeness (QED) is 0.903. The number of rotatable bonds is 2. The Labute approximate surface area is 110 Å². The van der Waals surface area contributed by atoms with Gasteiger partial charge >= 0.3 is 5.97 Å². The van der Waals surface area contributed by atoms with Crippen LogP contribution in [0.3, 0.4) is 0 Å². The molecule has 1 saturated heterocycles. The molecule has 0 saturated carbocycles. The van der Waals surface area contributed by atoms with Gasteiger partial charge in [-0.3, -0.25) is 4.79 Å². The lowest BCUT2D eigenvalue weighted by atomic mass is 9.85. The summed E-state index contributed by atoms with van der Waals surface area (Å²) in [5.41, 5.74) is 0.606. The van der Waals surface area contributed by atoms with Crippen molar-refractivity contribution in [1.29, 1.82) is 0 Å². The van der Waals surface area contributed by atoms with Crippen molar-refractivity contribution in [2.45, 2.75) is 12.3 Å². The molecule has 1 heterocycles. The molecule has 98 valence electrons. The van der Waals surface area contributed by atoms with Gasteiger partial charge in [0.1, 0.15) is 0 Å². The van der Waals surface area contributed by atoms with E-state index in [1.807, 2.05) is 0 Å². The maximum Gasteiger partial charge on any atom is 0.307 e. The molecular weight excluding hydrogens is 276 g/mol. The molecule has 1 aromatic carbocycles. The second-order valence-corrected chi connectivity index (χ2v) is 7.11.